The van der Waals surface area contributed by atoms with Gasteiger partial charge in [0.2, 0.25) is 0 Å². The molecule has 68 valence electrons. The summed E-state index contributed by atoms with van der Waals surface area (Å²) in [5.41, 5.74) is 5.23. The smallest absolute Gasteiger partial charge is 0.320 e. The molecule has 0 amide bonds. The number of carbonyl (C=O) groups is 2. The Morgan fingerprint density at radius 1 is 1.50 bits per heavy atom. The molecule has 12 heavy (non-hydrogen) atoms. The van der Waals surface area contributed by atoms with Crippen molar-refractivity contribution in [2.75, 3.05) is 0 Å². The van der Waals surface area contributed by atoms with Crippen molar-refractivity contribution in [3.63, 3.8) is 0 Å². The van der Waals surface area contributed by atoms with E-state index in [1.165, 1.54) is 0 Å². The number of rotatable bonds is 4. The van der Waals surface area contributed by atoms with Crippen LogP contribution in [0.1, 0.15) is 12.8 Å². The van der Waals surface area contributed by atoms with Gasteiger partial charge in [-0.05, 0) is 18.8 Å². The number of carboxylic acid groups (broad SMARTS) is 2. The summed E-state index contributed by atoms with van der Waals surface area (Å²) in [5.74, 6) is -2.31. The maximum absolute atomic E-state index is 10.3. The fourth-order valence-corrected chi connectivity index (χ4v) is 1.24. The lowest BCUT2D eigenvalue weighted by Crippen LogP contribution is -2.30. The third-order valence-corrected chi connectivity index (χ3v) is 2.11. The van der Waals surface area contributed by atoms with Gasteiger partial charge in [0.1, 0.15) is 6.04 Å². The standard InChI is InChI=1S/C7H11NO4/c8-5(7(11)12)2-3-1-4(3)6(9)10/h3-5H,1-2,8H2,(H,9,10)(H,11,12)/t3-,4-,5-/m1/s1. The Bertz CT molecular complexity index is 215. The molecule has 1 saturated carbocycles. The summed E-state index contributed by atoms with van der Waals surface area (Å²) in [6, 6.07) is -0.917. The monoisotopic (exact) mass is 173 g/mol. The third kappa shape index (κ3) is 1.94. The lowest BCUT2D eigenvalue weighted by Gasteiger charge is -2.03. The van der Waals surface area contributed by atoms with Crippen LogP contribution in [0.15, 0.2) is 0 Å². The predicted octanol–water partition coefficient (Wildman–Crippen LogP) is -0.491. The highest BCUT2D eigenvalue weighted by atomic mass is 16.4. The molecule has 0 heterocycles. The summed E-state index contributed by atoms with van der Waals surface area (Å²) in [6.45, 7) is 0. The Hall–Kier alpha value is -1.10. The van der Waals surface area contributed by atoms with Crippen molar-refractivity contribution in [2.45, 2.75) is 18.9 Å². The topological polar surface area (TPSA) is 101 Å². The Morgan fingerprint density at radius 2 is 2.08 bits per heavy atom. The number of aliphatic carboxylic acids is 2. The van der Waals surface area contributed by atoms with E-state index in [-0.39, 0.29) is 18.3 Å². The SMILES string of the molecule is N[C@H](C[C@H]1C[C@H]1C(=O)O)C(=O)O. The van der Waals surface area contributed by atoms with Crippen LogP contribution in [0.5, 0.6) is 0 Å². The summed E-state index contributed by atoms with van der Waals surface area (Å²) in [5, 5.41) is 16.9. The van der Waals surface area contributed by atoms with E-state index in [2.05, 4.69) is 0 Å². The van der Waals surface area contributed by atoms with Gasteiger partial charge >= 0.3 is 11.9 Å². The van der Waals surface area contributed by atoms with Crippen LogP contribution in [-0.4, -0.2) is 28.2 Å². The molecule has 1 aliphatic rings. The average molecular weight is 173 g/mol. The van der Waals surface area contributed by atoms with Crippen molar-refractivity contribution in [1.29, 1.82) is 0 Å². The van der Waals surface area contributed by atoms with E-state index in [9.17, 15) is 9.59 Å². The first-order valence-corrected chi connectivity index (χ1v) is 3.73. The van der Waals surface area contributed by atoms with Crippen LogP contribution in [0.3, 0.4) is 0 Å². The lowest BCUT2D eigenvalue weighted by molar-refractivity contribution is -0.140. The molecule has 0 aromatic carbocycles. The Balaban J connectivity index is 2.27. The molecule has 0 bridgehead atoms. The van der Waals surface area contributed by atoms with Crippen LogP contribution in [0.25, 0.3) is 0 Å². The van der Waals surface area contributed by atoms with Crippen molar-refractivity contribution >= 4 is 11.9 Å². The van der Waals surface area contributed by atoms with Crippen LogP contribution < -0.4 is 5.73 Å². The second-order valence-corrected chi connectivity index (χ2v) is 3.12. The summed E-state index contributed by atoms with van der Waals surface area (Å²) >= 11 is 0. The molecule has 0 unspecified atom stereocenters. The van der Waals surface area contributed by atoms with E-state index in [4.69, 9.17) is 15.9 Å². The van der Waals surface area contributed by atoms with E-state index in [0.29, 0.717) is 6.42 Å². The minimum Gasteiger partial charge on any atom is -0.481 e. The summed E-state index contributed by atoms with van der Waals surface area (Å²) in [7, 11) is 0. The molecule has 0 aromatic rings. The van der Waals surface area contributed by atoms with Gasteiger partial charge in [-0.3, -0.25) is 9.59 Å². The molecule has 0 radical (unpaired) electrons. The van der Waals surface area contributed by atoms with E-state index in [1.807, 2.05) is 0 Å². The molecule has 1 aliphatic carbocycles. The lowest BCUT2D eigenvalue weighted by atomic mass is 10.1. The number of hydrogen-bond donors (Lipinski definition) is 3. The first kappa shape index (κ1) is 8.99. The number of carboxylic acids is 2. The molecule has 0 aliphatic heterocycles. The maximum atomic E-state index is 10.3. The average Bonchev–Trinajstić information content (AvgIpc) is 2.67. The van der Waals surface area contributed by atoms with Gasteiger partial charge in [-0.1, -0.05) is 0 Å². The molecule has 5 heteroatoms. The highest BCUT2D eigenvalue weighted by molar-refractivity contribution is 5.75. The molecule has 5 nitrogen and oxygen atoms in total. The summed E-state index contributed by atoms with van der Waals surface area (Å²) < 4.78 is 0. The molecule has 4 N–H and O–H groups in total. The van der Waals surface area contributed by atoms with Crippen molar-refractivity contribution in [1.82, 2.24) is 0 Å². The third-order valence-electron chi connectivity index (χ3n) is 2.11. The van der Waals surface area contributed by atoms with Gasteiger partial charge in [0.15, 0.2) is 0 Å². The van der Waals surface area contributed by atoms with Crippen molar-refractivity contribution < 1.29 is 19.8 Å². The second-order valence-electron chi connectivity index (χ2n) is 3.12. The number of hydrogen-bond acceptors (Lipinski definition) is 3. The zero-order valence-electron chi connectivity index (χ0n) is 6.43. The van der Waals surface area contributed by atoms with Crippen LogP contribution in [0.4, 0.5) is 0 Å². The quantitative estimate of drug-likeness (QED) is 0.532. The van der Waals surface area contributed by atoms with Crippen LogP contribution in [0.2, 0.25) is 0 Å². The van der Waals surface area contributed by atoms with E-state index >= 15 is 0 Å². The van der Waals surface area contributed by atoms with Crippen LogP contribution in [0, 0.1) is 11.8 Å². The summed E-state index contributed by atoms with van der Waals surface area (Å²) in [6.07, 6.45) is 0.836. The Labute approximate surface area is 69.2 Å². The molecule has 1 fully saturated rings. The summed E-state index contributed by atoms with van der Waals surface area (Å²) in [4.78, 5) is 20.6. The highest BCUT2D eigenvalue weighted by Gasteiger charge is 2.44. The minimum atomic E-state index is -1.06. The van der Waals surface area contributed by atoms with Gasteiger partial charge in [-0.15, -0.1) is 0 Å². The van der Waals surface area contributed by atoms with Crippen molar-refractivity contribution in [2.24, 2.45) is 17.6 Å². The molecule has 0 spiro atoms. The van der Waals surface area contributed by atoms with Crippen LogP contribution >= 0.6 is 0 Å². The van der Waals surface area contributed by atoms with Gasteiger partial charge in [0, 0.05) is 0 Å². The predicted molar refractivity (Wildman–Crippen MR) is 39.5 cm³/mol. The Morgan fingerprint density at radius 3 is 2.42 bits per heavy atom. The van der Waals surface area contributed by atoms with Gasteiger partial charge in [0.05, 0.1) is 5.92 Å². The van der Waals surface area contributed by atoms with Crippen molar-refractivity contribution in [3.8, 4) is 0 Å². The number of nitrogens with two attached hydrogens (primary N) is 1. The van der Waals surface area contributed by atoms with Gasteiger partial charge < -0.3 is 15.9 Å². The van der Waals surface area contributed by atoms with Gasteiger partial charge in [-0.25, -0.2) is 0 Å². The van der Waals surface area contributed by atoms with E-state index < -0.39 is 18.0 Å². The zero-order valence-corrected chi connectivity index (χ0v) is 6.43. The molecule has 1 rings (SSSR count). The molecule has 3 atom stereocenters. The normalized spacial score (nSPS) is 29.4. The van der Waals surface area contributed by atoms with Crippen LogP contribution in [-0.2, 0) is 9.59 Å². The fraction of sp³-hybridized carbons (Fsp3) is 0.714. The Kier molecular flexibility index (Phi) is 2.32. The van der Waals surface area contributed by atoms with Crippen molar-refractivity contribution in [3.05, 3.63) is 0 Å². The molecular formula is C7H11NO4. The molecular weight excluding hydrogens is 162 g/mol. The first-order valence-electron chi connectivity index (χ1n) is 3.73. The van der Waals surface area contributed by atoms with E-state index in [0.717, 1.165) is 0 Å². The maximum Gasteiger partial charge on any atom is 0.320 e. The molecule has 0 saturated heterocycles. The highest BCUT2D eigenvalue weighted by Crippen LogP contribution is 2.41. The van der Waals surface area contributed by atoms with Gasteiger partial charge in [-0.2, -0.15) is 0 Å². The largest absolute Gasteiger partial charge is 0.481 e. The second kappa shape index (κ2) is 3.10. The fourth-order valence-electron chi connectivity index (χ4n) is 1.24. The molecule has 0 aromatic heterocycles. The van der Waals surface area contributed by atoms with Gasteiger partial charge in [0.25, 0.3) is 0 Å². The van der Waals surface area contributed by atoms with E-state index in [1.54, 1.807) is 0 Å². The minimum absolute atomic E-state index is 0.0337. The zero-order chi connectivity index (χ0) is 9.30. The first-order chi connectivity index (χ1) is 5.52.